The van der Waals surface area contributed by atoms with E-state index in [1.165, 1.54) is 43.3 Å². The lowest BCUT2D eigenvalue weighted by Gasteiger charge is -2.15. The highest BCUT2D eigenvalue weighted by Gasteiger charge is 2.29. The second kappa shape index (κ2) is 9.80. The fraction of sp³-hybridized carbons (Fsp3) is 0.214. The fourth-order valence-electron chi connectivity index (χ4n) is 4.30. The van der Waals surface area contributed by atoms with Gasteiger partial charge in [-0.2, -0.15) is 13.2 Å². The van der Waals surface area contributed by atoms with Crippen molar-refractivity contribution in [1.82, 2.24) is 0 Å². The molecular weight excluding hydrogens is 495 g/mol. The average Bonchev–Trinajstić information content (AvgIpc) is 3.20. The number of furan rings is 1. The zero-order valence-electron chi connectivity index (χ0n) is 19.8. The number of ketones is 1. The molecule has 4 rings (SSSR count). The molecule has 0 aliphatic carbocycles. The lowest BCUT2D eigenvalue weighted by Crippen LogP contribution is -2.09. The van der Waals surface area contributed by atoms with Gasteiger partial charge >= 0.3 is 12.1 Å². The minimum Gasteiger partial charge on any atom is -0.478 e. The van der Waals surface area contributed by atoms with Crippen molar-refractivity contribution >= 4 is 22.7 Å². The Hall–Kier alpha value is -4.01. The Morgan fingerprint density at radius 1 is 0.973 bits per heavy atom. The monoisotopic (exact) mass is 516 g/mol. The summed E-state index contributed by atoms with van der Waals surface area (Å²) in [6.07, 6.45) is -6.00. The van der Waals surface area contributed by atoms with E-state index in [4.69, 9.17) is 4.42 Å². The summed E-state index contributed by atoms with van der Waals surface area (Å²) in [6.45, 7) is 3.15. The Kier molecular flexibility index (Phi) is 6.90. The average molecular weight is 516 g/mol. The number of Topliss-reactive ketones (excluding diaryl/α,β-unsaturated/α-hetero) is 1. The minimum absolute atomic E-state index is 0.0900. The van der Waals surface area contributed by atoms with Crippen LogP contribution in [0, 0.1) is 18.6 Å². The number of aromatic carboxylic acids is 1. The Bertz CT molecular complexity index is 1510. The number of hydrogen-bond donors (Lipinski definition) is 1. The predicted octanol–water partition coefficient (Wildman–Crippen LogP) is 8.14. The Balaban J connectivity index is 2.04. The van der Waals surface area contributed by atoms with Crippen molar-refractivity contribution in [2.75, 3.05) is 0 Å². The predicted molar refractivity (Wildman–Crippen MR) is 128 cm³/mol. The number of carboxylic acids is 1. The molecule has 3 aromatic carbocycles. The zero-order chi connectivity index (χ0) is 27.1. The Morgan fingerprint density at radius 3 is 2.24 bits per heavy atom. The van der Waals surface area contributed by atoms with Crippen LogP contribution in [0.15, 0.2) is 52.9 Å². The van der Waals surface area contributed by atoms with Gasteiger partial charge in [-0.15, -0.1) is 0 Å². The first-order valence-corrected chi connectivity index (χ1v) is 11.4. The lowest BCUT2D eigenvalue weighted by atomic mass is 9.89. The molecule has 0 atom stereocenters. The topological polar surface area (TPSA) is 67.5 Å². The van der Waals surface area contributed by atoms with Gasteiger partial charge in [0.25, 0.3) is 0 Å². The van der Waals surface area contributed by atoms with Crippen molar-refractivity contribution in [3.05, 3.63) is 82.4 Å². The lowest BCUT2D eigenvalue weighted by molar-refractivity contribution is -0.133. The number of rotatable bonds is 7. The van der Waals surface area contributed by atoms with Crippen molar-refractivity contribution in [2.45, 2.75) is 39.3 Å². The maximum absolute atomic E-state index is 14.3. The first-order chi connectivity index (χ1) is 17.4. The van der Waals surface area contributed by atoms with Crippen molar-refractivity contribution in [1.29, 1.82) is 0 Å². The summed E-state index contributed by atoms with van der Waals surface area (Å²) in [5, 5.41) is 9.70. The van der Waals surface area contributed by atoms with Gasteiger partial charge in [0.2, 0.25) is 0 Å². The Labute approximate surface area is 208 Å². The number of carboxylic acid groups (broad SMARTS) is 1. The molecule has 0 aliphatic heterocycles. The van der Waals surface area contributed by atoms with E-state index >= 15 is 0 Å². The largest absolute Gasteiger partial charge is 0.478 e. The number of hydrogen-bond acceptors (Lipinski definition) is 3. The third-order valence-corrected chi connectivity index (χ3v) is 6.13. The van der Waals surface area contributed by atoms with Gasteiger partial charge in [-0.3, -0.25) is 4.79 Å². The molecule has 0 spiro atoms. The van der Waals surface area contributed by atoms with Gasteiger partial charge < -0.3 is 9.52 Å². The standard InChI is InChI=1S/C28H21F5O4/c1-3-23(34)25-21-13-19(18-12-20(27(35)36)22(30)10-14(18)2)16(8-9-28(31,32)33)11-24(21)37-26(25)15-4-6-17(29)7-5-15/h4-7,10-13H,3,8-9H2,1-2H3,(H,35,36). The van der Waals surface area contributed by atoms with Crippen molar-refractivity contribution in [3.8, 4) is 22.5 Å². The maximum Gasteiger partial charge on any atom is 0.389 e. The number of carbonyl (C=O) groups is 2. The van der Waals surface area contributed by atoms with Gasteiger partial charge in [0, 0.05) is 23.8 Å². The van der Waals surface area contributed by atoms with E-state index in [9.17, 15) is 36.6 Å². The zero-order valence-corrected chi connectivity index (χ0v) is 19.8. The first-order valence-electron chi connectivity index (χ1n) is 11.4. The van der Waals surface area contributed by atoms with Crippen LogP contribution in [-0.2, 0) is 6.42 Å². The smallest absolute Gasteiger partial charge is 0.389 e. The van der Waals surface area contributed by atoms with Crippen molar-refractivity contribution in [2.24, 2.45) is 0 Å². The van der Waals surface area contributed by atoms with E-state index in [-0.39, 0.29) is 45.8 Å². The van der Waals surface area contributed by atoms with Gasteiger partial charge in [0.1, 0.15) is 23.0 Å². The molecule has 0 unspecified atom stereocenters. The molecule has 4 nitrogen and oxygen atoms in total. The molecular formula is C28H21F5O4. The highest BCUT2D eigenvalue weighted by atomic mass is 19.4. The van der Waals surface area contributed by atoms with E-state index in [1.807, 2.05) is 0 Å². The second-order valence-corrected chi connectivity index (χ2v) is 8.66. The van der Waals surface area contributed by atoms with Crippen molar-refractivity contribution < 1.29 is 41.1 Å². The first kappa shape index (κ1) is 26.1. The summed E-state index contributed by atoms with van der Waals surface area (Å²) in [7, 11) is 0. The summed E-state index contributed by atoms with van der Waals surface area (Å²) in [5.74, 6) is -3.17. The summed E-state index contributed by atoms with van der Waals surface area (Å²) >= 11 is 0. The van der Waals surface area contributed by atoms with Gasteiger partial charge in [-0.1, -0.05) is 6.92 Å². The SMILES string of the molecule is CCC(=O)c1c(-c2ccc(F)cc2)oc2cc(CCC(F)(F)F)c(-c3cc(C(=O)O)c(F)cc3C)cc12. The second-order valence-electron chi connectivity index (χ2n) is 8.66. The van der Waals surface area contributed by atoms with Crippen LogP contribution in [-0.4, -0.2) is 23.0 Å². The summed E-state index contributed by atoms with van der Waals surface area (Å²) in [5.41, 5.74) is 1.03. The molecule has 9 heteroatoms. The van der Waals surface area contributed by atoms with Crippen LogP contribution >= 0.6 is 0 Å². The van der Waals surface area contributed by atoms with E-state index < -0.39 is 42.2 Å². The third-order valence-electron chi connectivity index (χ3n) is 6.13. The van der Waals surface area contributed by atoms with E-state index in [0.717, 1.165) is 12.1 Å². The van der Waals surface area contributed by atoms with E-state index in [0.29, 0.717) is 16.5 Å². The molecule has 0 radical (unpaired) electrons. The fourth-order valence-corrected chi connectivity index (χ4v) is 4.30. The number of halogens is 5. The molecule has 0 saturated carbocycles. The summed E-state index contributed by atoms with van der Waals surface area (Å²) in [4.78, 5) is 24.5. The van der Waals surface area contributed by atoms with Gasteiger partial charge in [-0.05, 0) is 84.1 Å². The normalized spacial score (nSPS) is 11.8. The molecule has 192 valence electrons. The minimum atomic E-state index is -4.47. The molecule has 0 aliphatic rings. The molecule has 1 heterocycles. The number of alkyl halides is 3. The van der Waals surface area contributed by atoms with Gasteiger partial charge in [0.15, 0.2) is 5.78 Å². The molecule has 0 fully saturated rings. The highest BCUT2D eigenvalue weighted by Crippen LogP contribution is 2.40. The molecule has 1 N–H and O–H groups in total. The molecule has 4 aromatic rings. The maximum atomic E-state index is 14.3. The number of fused-ring (bicyclic) bond motifs is 1. The van der Waals surface area contributed by atoms with Gasteiger partial charge in [-0.25, -0.2) is 13.6 Å². The molecule has 37 heavy (non-hydrogen) atoms. The van der Waals surface area contributed by atoms with Crippen LogP contribution in [0.2, 0.25) is 0 Å². The number of carbonyl (C=O) groups excluding carboxylic acids is 1. The number of aryl methyl sites for hydroxylation is 2. The quantitative estimate of drug-likeness (QED) is 0.199. The third kappa shape index (κ3) is 5.26. The number of benzene rings is 3. The molecule has 1 aromatic heterocycles. The molecule has 0 saturated heterocycles. The van der Waals surface area contributed by atoms with E-state index in [1.54, 1.807) is 6.92 Å². The van der Waals surface area contributed by atoms with E-state index in [2.05, 4.69) is 0 Å². The van der Waals surface area contributed by atoms with Crippen LogP contribution in [0.1, 0.15) is 51.6 Å². The van der Waals surface area contributed by atoms with Crippen LogP contribution in [0.25, 0.3) is 33.4 Å². The van der Waals surface area contributed by atoms with Crippen molar-refractivity contribution in [3.63, 3.8) is 0 Å². The molecule has 0 amide bonds. The van der Waals surface area contributed by atoms with Gasteiger partial charge in [0.05, 0.1) is 11.1 Å². The summed E-state index contributed by atoms with van der Waals surface area (Å²) < 4.78 is 73.1. The highest BCUT2D eigenvalue weighted by molar-refractivity contribution is 6.13. The van der Waals surface area contributed by atoms with Crippen LogP contribution < -0.4 is 0 Å². The van der Waals surface area contributed by atoms with Crippen LogP contribution in [0.5, 0.6) is 0 Å². The summed E-state index contributed by atoms with van der Waals surface area (Å²) in [6, 6.07) is 10.2. The Morgan fingerprint density at radius 2 is 1.65 bits per heavy atom. The van der Waals surface area contributed by atoms with Crippen LogP contribution in [0.4, 0.5) is 22.0 Å². The molecule has 0 bridgehead atoms. The van der Waals surface area contributed by atoms with Crippen LogP contribution in [0.3, 0.4) is 0 Å².